The van der Waals surface area contributed by atoms with Crippen LogP contribution in [0.3, 0.4) is 0 Å². The Morgan fingerprint density at radius 3 is 2.49 bits per heavy atom. The van der Waals surface area contributed by atoms with Crippen molar-refractivity contribution in [3.05, 3.63) is 88.0 Å². The zero-order valence-electron chi connectivity index (χ0n) is 22.9. The fraction of sp³-hybridized carbons (Fsp3) is 0.300. The summed E-state index contributed by atoms with van der Waals surface area (Å²) in [6.45, 7) is 5.55. The van der Waals surface area contributed by atoms with Gasteiger partial charge in [-0.05, 0) is 55.7 Å². The van der Waals surface area contributed by atoms with E-state index < -0.39 is 38.2 Å². The molecule has 2 aromatic heterocycles. The van der Waals surface area contributed by atoms with Crippen LogP contribution in [-0.2, 0) is 16.3 Å². The van der Waals surface area contributed by atoms with Gasteiger partial charge in [-0.2, -0.15) is 9.37 Å². The van der Waals surface area contributed by atoms with Gasteiger partial charge in [0.15, 0.2) is 16.4 Å². The molecule has 1 atom stereocenters. The lowest BCUT2D eigenvalue weighted by Gasteiger charge is -2.24. The van der Waals surface area contributed by atoms with Gasteiger partial charge in [-0.15, -0.1) is 0 Å². The Hall–Kier alpha value is -4.25. The Labute approximate surface area is 237 Å². The van der Waals surface area contributed by atoms with Gasteiger partial charge in [0, 0.05) is 23.2 Å². The number of unbranched alkanes of at least 4 members (excludes halogenated alkanes) is 1. The fourth-order valence-corrected chi connectivity index (χ4v) is 6.49. The molecular weight excluding hydrogens is 549 g/mol. The van der Waals surface area contributed by atoms with Crippen LogP contribution in [0.1, 0.15) is 56.2 Å². The fourth-order valence-electron chi connectivity index (χ4n) is 5.14. The monoisotopic (exact) mass is 579 g/mol. The standard InChI is InChI=1S/C30H30FN3O6S/c1-4-6-10-26-33-29(35)28(30(36)34(26)23(5-2)22-8-7-9-24-27(22)40-17-39-24)41(37,38)20-13-11-19(12-14-20)21-15-16-25(31)32-18(21)3/h7-9,11-16,23,35H,4-6,10,17H2,1-3H3/t23-/m1/s1. The largest absolute Gasteiger partial charge is 0.492 e. The van der Waals surface area contributed by atoms with E-state index in [2.05, 4.69) is 9.97 Å². The van der Waals surface area contributed by atoms with Crippen molar-refractivity contribution in [2.24, 2.45) is 0 Å². The van der Waals surface area contributed by atoms with Crippen molar-refractivity contribution in [1.29, 1.82) is 0 Å². The zero-order chi connectivity index (χ0) is 29.3. The molecule has 0 fully saturated rings. The molecule has 214 valence electrons. The molecule has 0 amide bonds. The highest BCUT2D eigenvalue weighted by molar-refractivity contribution is 7.91. The van der Waals surface area contributed by atoms with Gasteiger partial charge in [-0.25, -0.2) is 13.4 Å². The van der Waals surface area contributed by atoms with Crippen LogP contribution in [0.15, 0.2) is 69.2 Å². The zero-order valence-corrected chi connectivity index (χ0v) is 23.7. The molecule has 11 heteroatoms. The molecule has 0 aliphatic carbocycles. The predicted molar refractivity (Wildman–Crippen MR) is 150 cm³/mol. The van der Waals surface area contributed by atoms with Crippen molar-refractivity contribution in [2.45, 2.75) is 62.3 Å². The highest BCUT2D eigenvalue weighted by atomic mass is 32.2. The van der Waals surface area contributed by atoms with Crippen molar-refractivity contribution >= 4 is 9.84 Å². The van der Waals surface area contributed by atoms with E-state index in [1.54, 1.807) is 37.3 Å². The highest BCUT2D eigenvalue weighted by Gasteiger charge is 2.33. The number of ether oxygens (including phenoxy) is 2. The van der Waals surface area contributed by atoms with Crippen LogP contribution >= 0.6 is 0 Å². The number of aromatic nitrogens is 3. The van der Waals surface area contributed by atoms with Crippen molar-refractivity contribution < 1.29 is 27.4 Å². The third-order valence-electron chi connectivity index (χ3n) is 7.16. The van der Waals surface area contributed by atoms with E-state index in [1.165, 1.54) is 22.8 Å². The normalized spacial score (nSPS) is 13.4. The maximum atomic E-state index is 14.1. The molecule has 0 unspecified atom stereocenters. The van der Waals surface area contributed by atoms with Crippen LogP contribution in [0, 0.1) is 12.9 Å². The van der Waals surface area contributed by atoms with E-state index in [0.29, 0.717) is 53.1 Å². The first-order chi connectivity index (χ1) is 19.7. The molecule has 0 saturated heterocycles. The average molecular weight is 580 g/mol. The number of aromatic hydroxyl groups is 1. The van der Waals surface area contributed by atoms with Gasteiger partial charge in [0.1, 0.15) is 5.82 Å². The third kappa shape index (κ3) is 5.17. The molecule has 41 heavy (non-hydrogen) atoms. The molecular formula is C30H30FN3O6S. The maximum Gasteiger partial charge on any atom is 0.277 e. The number of sulfone groups is 1. The Morgan fingerprint density at radius 1 is 1.05 bits per heavy atom. The summed E-state index contributed by atoms with van der Waals surface area (Å²) in [5, 5.41) is 10.9. The second-order valence-electron chi connectivity index (χ2n) is 9.76. The SMILES string of the molecule is CCCCc1nc(O)c(S(=O)(=O)c2ccc(-c3ccc(F)nc3C)cc2)c(=O)n1[C@H](CC)c1cccc2c1OCO2. The van der Waals surface area contributed by atoms with Gasteiger partial charge in [0.05, 0.1) is 10.9 Å². The van der Waals surface area contributed by atoms with Crippen LogP contribution in [0.2, 0.25) is 0 Å². The van der Waals surface area contributed by atoms with Crippen LogP contribution in [0.4, 0.5) is 4.39 Å². The summed E-state index contributed by atoms with van der Waals surface area (Å²) in [6, 6.07) is 13.3. The first-order valence-electron chi connectivity index (χ1n) is 13.4. The maximum absolute atomic E-state index is 14.1. The van der Waals surface area contributed by atoms with E-state index in [0.717, 1.165) is 6.42 Å². The lowest BCUT2D eigenvalue weighted by atomic mass is 10.0. The van der Waals surface area contributed by atoms with Crippen molar-refractivity contribution in [3.63, 3.8) is 0 Å². The predicted octanol–water partition coefficient (Wildman–Crippen LogP) is 5.36. The van der Waals surface area contributed by atoms with E-state index in [-0.39, 0.29) is 17.5 Å². The minimum absolute atomic E-state index is 0.0390. The summed E-state index contributed by atoms with van der Waals surface area (Å²) in [4.78, 5) is 21.2. The van der Waals surface area contributed by atoms with Gasteiger partial charge < -0.3 is 14.6 Å². The summed E-state index contributed by atoms with van der Waals surface area (Å²) >= 11 is 0. The summed E-state index contributed by atoms with van der Waals surface area (Å²) in [6.07, 6.45) is 2.27. The topological polar surface area (TPSA) is 121 Å². The molecule has 1 aliphatic heterocycles. The number of benzene rings is 2. The number of hydrogen-bond donors (Lipinski definition) is 1. The van der Waals surface area contributed by atoms with E-state index in [4.69, 9.17) is 9.47 Å². The number of aryl methyl sites for hydroxylation is 2. The lowest BCUT2D eigenvalue weighted by molar-refractivity contribution is 0.172. The van der Waals surface area contributed by atoms with Gasteiger partial charge in [-0.3, -0.25) is 9.36 Å². The van der Waals surface area contributed by atoms with Crippen molar-refractivity contribution in [3.8, 4) is 28.5 Å². The molecule has 0 saturated carbocycles. The van der Waals surface area contributed by atoms with Crippen molar-refractivity contribution in [2.75, 3.05) is 6.79 Å². The van der Waals surface area contributed by atoms with Crippen LogP contribution in [0.5, 0.6) is 17.4 Å². The third-order valence-corrected chi connectivity index (χ3v) is 8.95. The molecule has 1 N–H and O–H groups in total. The van der Waals surface area contributed by atoms with Gasteiger partial charge in [-0.1, -0.05) is 44.5 Å². The minimum Gasteiger partial charge on any atom is -0.492 e. The van der Waals surface area contributed by atoms with E-state index in [1.807, 2.05) is 19.9 Å². The minimum atomic E-state index is -4.49. The number of pyridine rings is 1. The van der Waals surface area contributed by atoms with E-state index in [9.17, 15) is 22.7 Å². The first-order valence-corrected chi connectivity index (χ1v) is 14.9. The Kier molecular flexibility index (Phi) is 7.81. The molecule has 0 spiro atoms. The number of para-hydroxylation sites is 1. The Balaban J connectivity index is 1.64. The van der Waals surface area contributed by atoms with Crippen LogP contribution in [0.25, 0.3) is 11.1 Å². The van der Waals surface area contributed by atoms with Gasteiger partial charge in [0.25, 0.3) is 5.56 Å². The molecule has 0 radical (unpaired) electrons. The molecule has 0 bridgehead atoms. The molecule has 1 aliphatic rings. The summed E-state index contributed by atoms with van der Waals surface area (Å²) in [5.41, 5.74) is 1.49. The number of fused-ring (bicyclic) bond motifs is 1. The van der Waals surface area contributed by atoms with Crippen molar-refractivity contribution in [1.82, 2.24) is 14.5 Å². The number of nitrogens with zero attached hydrogens (tertiary/aromatic N) is 3. The summed E-state index contributed by atoms with van der Waals surface area (Å²) in [7, 11) is -4.49. The van der Waals surface area contributed by atoms with Crippen LogP contribution in [-0.4, -0.2) is 34.9 Å². The number of rotatable bonds is 9. The van der Waals surface area contributed by atoms with Crippen LogP contribution < -0.4 is 15.0 Å². The van der Waals surface area contributed by atoms with Gasteiger partial charge >= 0.3 is 0 Å². The smallest absolute Gasteiger partial charge is 0.277 e. The highest BCUT2D eigenvalue weighted by Crippen LogP contribution is 2.41. The quantitative estimate of drug-likeness (QED) is 0.263. The molecule has 5 rings (SSSR count). The first kappa shape index (κ1) is 28.3. The molecule has 4 aromatic rings. The average Bonchev–Trinajstić information content (AvgIpc) is 3.43. The summed E-state index contributed by atoms with van der Waals surface area (Å²) in [5.74, 6) is -0.141. The number of halogens is 1. The Bertz CT molecular complexity index is 1770. The van der Waals surface area contributed by atoms with E-state index >= 15 is 0 Å². The second-order valence-corrected chi connectivity index (χ2v) is 11.6. The second kappa shape index (κ2) is 11.3. The Morgan fingerprint density at radius 2 is 1.80 bits per heavy atom. The summed E-state index contributed by atoms with van der Waals surface area (Å²) < 4.78 is 53.7. The lowest BCUT2D eigenvalue weighted by Crippen LogP contribution is -2.33. The molecule has 2 aromatic carbocycles. The molecule has 9 nitrogen and oxygen atoms in total. The molecule has 3 heterocycles. The van der Waals surface area contributed by atoms with Gasteiger partial charge in [0.2, 0.25) is 28.5 Å². The number of hydrogen-bond acceptors (Lipinski definition) is 8.